The molecule has 114 valence electrons. The minimum Gasteiger partial charge on any atom is -0.358 e. The zero-order chi connectivity index (χ0) is 16.0. The van der Waals surface area contributed by atoms with Crippen LogP contribution in [0.5, 0.6) is 0 Å². The van der Waals surface area contributed by atoms with E-state index in [9.17, 15) is 13.6 Å². The Morgan fingerprint density at radius 2 is 2.19 bits per heavy atom. The Morgan fingerprint density at radius 1 is 1.52 bits per heavy atom. The average Bonchev–Trinajstić information content (AvgIpc) is 2.96. The lowest BCUT2D eigenvalue weighted by Crippen LogP contribution is -2.38. The predicted molar refractivity (Wildman–Crippen MR) is 76.2 cm³/mol. The van der Waals surface area contributed by atoms with E-state index in [0.717, 1.165) is 11.1 Å². The molecule has 21 heavy (non-hydrogen) atoms. The molecule has 1 rings (SSSR count). The van der Waals surface area contributed by atoms with E-state index in [1.807, 2.05) is 0 Å². The van der Waals surface area contributed by atoms with Gasteiger partial charge in [0.15, 0.2) is 23.8 Å². The van der Waals surface area contributed by atoms with Crippen LogP contribution in [-0.2, 0) is 0 Å². The molecule has 0 saturated carbocycles. The Hall–Kier alpha value is -2.48. The van der Waals surface area contributed by atoms with E-state index in [1.165, 1.54) is 19.2 Å². The minimum absolute atomic E-state index is 0.00440. The molecular weight excluding hydrogens is 280 g/mol. The second-order valence-corrected chi connectivity index (χ2v) is 4.04. The Bertz CT molecular complexity index is 603. The second kappa shape index (κ2) is 7.34. The van der Waals surface area contributed by atoms with Gasteiger partial charge in [0.25, 0.3) is 0 Å². The maximum Gasteiger partial charge on any atom is 0.179 e. The van der Waals surface area contributed by atoms with Crippen LogP contribution >= 0.6 is 0 Å². The lowest BCUT2D eigenvalue weighted by Gasteiger charge is -2.22. The zero-order valence-corrected chi connectivity index (χ0v) is 11.7. The van der Waals surface area contributed by atoms with Crippen molar-refractivity contribution in [1.29, 1.82) is 0 Å². The van der Waals surface area contributed by atoms with Gasteiger partial charge in [0.05, 0.1) is 11.4 Å². The van der Waals surface area contributed by atoms with Crippen LogP contribution in [0.15, 0.2) is 40.8 Å². The molecule has 6 nitrogen and oxygen atoms in total. The number of halogens is 2. The monoisotopic (exact) mass is 297 g/mol. The lowest BCUT2D eigenvalue weighted by atomic mass is 10.2. The van der Waals surface area contributed by atoms with Crippen molar-refractivity contribution in [3.63, 3.8) is 0 Å². The number of rotatable bonds is 5. The first-order valence-corrected chi connectivity index (χ1v) is 6.17. The molecule has 1 aromatic rings. The van der Waals surface area contributed by atoms with E-state index >= 15 is 0 Å². The number of hydrogen-bond acceptors (Lipinski definition) is 4. The number of hydrogen-bond donors (Lipinski definition) is 3. The molecule has 0 fully saturated rings. The van der Waals surface area contributed by atoms with Crippen LogP contribution in [0, 0.1) is 0 Å². The number of aldehydes is 1. The maximum absolute atomic E-state index is 14.0. The van der Waals surface area contributed by atoms with Crippen molar-refractivity contribution >= 4 is 12.1 Å². The number of hydrazone groups is 1. The summed E-state index contributed by atoms with van der Waals surface area (Å²) in [4.78, 5) is 13.3. The summed E-state index contributed by atoms with van der Waals surface area (Å²) in [5, 5.41) is 4.34. The summed E-state index contributed by atoms with van der Waals surface area (Å²) in [6.45, 7) is 2.98. The molecular formula is C13H17F2N5O. The van der Waals surface area contributed by atoms with E-state index < -0.39 is 11.7 Å². The third-order valence-electron chi connectivity index (χ3n) is 2.78. The molecule has 0 aliphatic rings. The Balaban J connectivity index is 3.24. The number of amidine groups is 1. The number of H-pyrrole nitrogens is 1. The molecule has 1 heterocycles. The zero-order valence-electron chi connectivity index (χ0n) is 11.7. The number of nitrogens with two attached hydrogens (primary N) is 2. The summed E-state index contributed by atoms with van der Waals surface area (Å²) in [5.41, 5.74) is 0.534. The highest BCUT2D eigenvalue weighted by atomic mass is 19.2. The third kappa shape index (κ3) is 3.54. The molecule has 0 saturated heterocycles. The molecule has 0 aliphatic heterocycles. The van der Waals surface area contributed by atoms with Gasteiger partial charge in [-0.2, -0.15) is 5.10 Å². The highest BCUT2D eigenvalue weighted by molar-refractivity contribution is 6.00. The molecule has 1 aromatic heterocycles. The molecule has 5 N–H and O–H groups in total. The third-order valence-corrected chi connectivity index (χ3v) is 2.78. The number of aromatic amines is 1. The largest absolute Gasteiger partial charge is 0.358 e. The van der Waals surface area contributed by atoms with Crippen molar-refractivity contribution in [2.24, 2.45) is 16.8 Å². The molecule has 0 radical (unpaired) electrons. The van der Waals surface area contributed by atoms with Gasteiger partial charge in [-0.1, -0.05) is 6.92 Å². The molecule has 0 bridgehead atoms. The normalized spacial score (nSPS) is 14.0. The fourth-order valence-electron chi connectivity index (χ4n) is 1.71. The van der Waals surface area contributed by atoms with Crippen molar-refractivity contribution in [3.8, 4) is 0 Å². The predicted octanol–water partition coefficient (Wildman–Crippen LogP) is 2.09. The summed E-state index contributed by atoms with van der Waals surface area (Å²) in [6.07, 6.45) is 3.13. The number of hydrazine groups is 1. The number of carbonyl (C=O) groups is 1. The highest BCUT2D eigenvalue weighted by Crippen LogP contribution is 2.23. The van der Waals surface area contributed by atoms with Gasteiger partial charge < -0.3 is 10.8 Å². The Morgan fingerprint density at radius 3 is 2.62 bits per heavy atom. The van der Waals surface area contributed by atoms with Gasteiger partial charge in [0.2, 0.25) is 0 Å². The Kier molecular flexibility index (Phi) is 5.79. The van der Waals surface area contributed by atoms with Crippen molar-refractivity contribution in [2.45, 2.75) is 20.3 Å². The van der Waals surface area contributed by atoms with Gasteiger partial charge in [0.1, 0.15) is 0 Å². The highest BCUT2D eigenvalue weighted by Gasteiger charge is 2.20. The lowest BCUT2D eigenvalue weighted by molar-refractivity contribution is 0.111. The van der Waals surface area contributed by atoms with E-state index in [-0.39, 0.29) is 23.6 Å². The van der Waals surface area contributed by atoms with Crippen LogP contribution in [0.25, 0.3) is 0 Å². The minimum atomic E-state index is -1.09. The van der Waals surface area contributed by atoms with Crippen molar-refractivity contribution in [2.75, 3.05) is 0 Å². The van der Waals surface area contributed by atoms with Crippen LogP contribution < -0.4 is 11.7 Å². The number of nitrogens with one attached hydrogen (secondary N) is 1. The number of allylic oxidation sites excluding steroid dienone is 4. The van der Waals surface area contributed by atoms with Gasteiger partial charge in [-0.25, -0.2) is 14.6 Å². The van der Waals surface area contributed by atoms with Crippen LogP contribution in [0.4, 0.5) is 8.78 Å². The number of aromatic nitrogens is 1. The van der Waals surface area contributed by atoms with Crippen LogP contribution in [0.3, 0.4) is 0 Å². The summed E-state index contributed by atoms with van der Waals surface area (Å²) in [7, 11) is 0. The first kappa shape index (κ1) is 16.6. The van der Waals surface area contributed by atoms with E-state index in [1.54, 1.807) is 6.92 Å². The van der Waals surface area contributed by atoms with Gasteiger partial charge in [0, 0.05) is 11.8 Å². The Labute approximate surface area is 120 Å². The number of carbonyl (C=O) groups excluding carboxylic acids is 1. The molecule has 0 atom stereocenters. The van der Waals surface area contributed by atoms with Gasteiger partial charge >= 0.3 is 0 Å². The molecule has 0 spiro atoms. The van der Waals surface area contributed by atoms with Gasteiger partial charge in [-0.15, -0.1) is 0 Å². The first-order valence-electron chi connectivity index (χ1n) is 6.17. The van der Waals surface area contributed by atoms with Gasteiger partial charge in [-0.05, 0) is 25.5 Å². The van der Waals surface area contributed by atoms with Crippen LogP contribution in [0.1, 0.15) is 36.3 Å². The molecule has 0 aromatic carbocycles. The van der Waals surface area contributed by atoms with Gasteiger partial charge in [-0.3, -0.25) is 9.80 Å². The summed E-state index contributed by atoms with van der Waals surface area (Å²) >= 11 is 0. The SMILES string of the molecule is C/C=C(F)\C(F)=C(/CC)N(N)/C(=N\N)c1c[nH]c(C=O)c1. The topological polar surface area (TPSA) is 100 Å². The standard InChI is InChI=1S/C13H17F2N5O/c1-3-10(14)12(15)11(4-2)20(17)13(19-16)8-5-9(7-21)18-6-8/h3,5-7,18H,4,16-17H2,1-2H3/b10-3+,12-11-,19-13-. The summed E-state index contributed by atoms with van der Waals surface area (Å²) < 4.78 is 27.3. The molecule has 0 aliphatic carbocycles. The average molecular weight is 297 g/mol. The fraction of sp³-hybridized carbons (Fsp3) is 0.231. The molecule has 0 amide bonds. The fourth-order valence-corrected chi connectivity index (χ4v) is 1.71. The van der Waals surface area contributed by atoms with Crippen molar-refractivity contribution in [1.82, 2.24) is 9.99 Å². The second-order valence-electron chi connectivity index (χ2n) is 4.04. The summed E-state index contributed by atoms with van der Waals surface area (Å²) in [5.74, 6) is 8.94. The quantitative estimate of drug-likeness (QED) is 0.193. The molecule has 8 heteroatoms. The van der Waals surface area contributed by atoms with E-state index in [4.69, 9.17) is 11.7 Å². The number of nitrogens with zero attached hydrogens (tertiary/aromatic N) is 2. The smallest absolute Gasteiger partial charge is 0.179 e. The van der Waals surface area contributed by atoms with Crippen LogP contribution in [-0.4, -0.2) is 22.1 Å². The van der Waals surface area contributed by atoms with Crippen molar-refractivity contribution < 1.29 is 13.6 Å². The van der Waals surface area contributed by atoms with Crippen LogP contribution in [0.2, 0.25) is 0 Å². The van der Waals surface area contributed by atoms with Crippen molar-refractivity contribution in [3.05, 3.63) is 46.9 Å². The first-order chi connectivity index (χ1) is 9.99. The van der Waals surface area contributed by atoms with E-state index in [2.05, 4.69) is 10.1 Å². The molecule has 0 unspecified atom stereocenters. The maximum atomic E-state index is 14.0. The van der Waals surface area contributed by atoms with E-state index in [0.29, 0.717) is 11.8 Å². The summed E-state index contributed by atoms with van der Waals surface area (Å²) in [6, 6.07) is 1.44.